The van der Waals surface area contributed by atoms with E-state index in [4.69, 9.17) is 0 Å². The van der Waals surface area contributed by atoms with E-state index in [0.29, 0.717) is 10.9 Å². The van der Waals surface area contributed by atoms with Gasteiger partial charge in [0.25, 0.3) is 5.56 Å². The molecule has 1 saturated carbocycles. The van der Waals surface area contributed by atoms with Crippen molar-refractivity contribution >= 4 is 32.7 Å². The van der Waals surface area contributed by atoms with Gasteiger partial charge in [0.1, 0.15) is 6.54 Å². The van der Waals surface area contributed by atoms with E-state index in [1.165, 1.54) is 10.9 Å². The Labute approximate surface area is 165 Å². The van der Waals surface area contributed by atoms with E-state index < -0.39 is 0 Å². The van der Waals surface area contributed by atoms with E-state index in [1.54, 1.807) is 6.07 Å². The highest BCUT2D eigenvalue weighted by molar-refractivity contribution is 9.10. The SMILES string of the molecule is Cc1cccc2c(=O)n(CC(=O)NC3(c4cccc(Br)c4)CCC3)cnc12. The van der Waals surface area contributed by atoms with E-state index in [1.807, 2.05) is 43.3 Å². The van der Waals surface area contributed by atoms with Gasteiger partial charge in [0.2, 0.25) is 5.91 Å². The van der Waals surface area contributed by atoms with Gasteiger partial charge in [-0.3, -0.25) is 14.2 Å². The topological polar surface area (TPSA) is 64.0 Å². The molecule has 4 rings (SSSR count). The first kappa shape index (κ1) is 17.9. The van der Waals surface area contributed by atoms with Crippen LogP contribution in [-0.4, -0.2) is 15.5 Å². The molecule has 27 heavy (non-hydrogen) atoms. The fourth-order valence-electron chi connectivity index (χ4n) is 3.71. The van der Waals surface area contributed by atoms with Crippen molar-refractivity contribution in [2.75, 3.05) is 0 Å². The number of para-hydroxylation sites is 1. The number of aromatic nitrogens is 2. The van der Waals surface area contributed by atoms with Crippen molar-refractivity contribution in [1.29, 1.82) is 0 Å². The Morgan fingerprint density at radius 2 is 2.04 bits per heavy atom. The number of benzene rings is 2. The van der Waals surface area contributed by atoms with E-state index in [9.17, 15) is 9.59 Å². The predicted octanol–water partition coefficient (Wildman–Crippen LogP) is 3.66. The van der Waals surface area contributed by atoms with Crippen LogP contribution < -0.4 is 10.9 Å². The highest BCUT2D eigenvalue weighted by Crippen LogP contribution is 2.41. The third-order valence-corrected chi connectivity index (χ3v) is 5.83. The molecule has 6 heteroatoms. The number of rotatable bonds is 4. The molecule has 3 aromatic rings. The Morgan fingerprint density at radius 1 is 1.26 bits per heavy atom. The lowest BCUT2D eigenvalue weighted by Gasteiger charge is -2.43. The quantitative estimate of drug-likeness (QED) is 0.693. The number of carbonyl (C=O) groups is 1. The number of carbonyl (C=O) groups excluding carboxylic acids is 1. The van der Waals surface area contributed by atoms with Gasteiger partial charge in [0.05, 0.1) is 22.8 Å². The molecule has 0 aliphatic heterocycles. The molecule has 0 saturated heterocycles. The smallest absolute Gasteiger partial charge is 0.261 e. The van der Waals surface area contributed by atoms with Crippen molar-refractivity contribution in [3.63, 3.8) is 0 Å². The summed E-state index contributed by atoms with van der Waals surface area (Å²) in [6.07, 6.45) is 4.34. The minimum atomic E-state index is -0.342. The normalized spacial score (nSPS) is 15.3. The van der Waals surface area contributed by atoms with E-state index in [2.05, 4.69) is 26.2 Å². The number of amides is 1. The molecule has 1 N–H and O–H groups in total. The van der Waals surface area contributed by atoms with E-state index in [0.717, 1.165) is 34.9 Å². The Balaban J connectivity index is 1.58. The lowest BCUT2D eigenvalue weighted by molar-refractivity contribution is -0.125. The highest BCUT2D eigenvalue weighted by Gasteiger charge is 2.40. The summed E-state index contributed by atoms with van der Waals surface area (Å²) in [6, 6.07) is 13.5. The molecule has 0 unspecified atom stereocenters. The van der Waals surface area contributed by atoms with Gasteiger partial charge in [-0.2, -0.15) is 0 Å². The highest BCUT2D eigenvalue weighted by atomic mass is 79.9. The summed E-state index contributed by atoms with van der Waals surface area (Å²) in [6.45, 7) is 1.88. The Morgan fingerprint density at radius 3 is 2.74 bits per heavy atom. The van der Waals surface area contributed by atoms with Crippen LogP contribution in [0.1, 0.15) is 30.4 Å². The number of aryl methyl sites for hydroxylation is 1. The van der Waals surface area contributed by atoms with Crippen molar-refractivity contribution < 1.29 is 4.79 Å². The molecule has 0 radical (unpaired) electrons. The van der Waals surface area contributed by atoms with Crippen molar-refractivity contribution in [2.24, 2.45) is 0 Å². The van der Waals surface area contributed by atoms with Gasteiger partial charge >= 0.3 is 0 Å². The van der Waals surface area contributed by atoms with Gasteiger partial charge in [0.15, 0.2) is 0 Å². The molecule has 5 nitrogen and oxygen atoms in total. The number of nitrogens with one attached hydrogen (secondary N) is 1. The van der Waals surface area contributed by atoms with Crippen LogP contribution in [0, 0.1) is 6.92 Å². The second kappa shape index (κ2) is 6.93. The molecule has 0 bridgehead atoms. The molecule has 138 valence electrons. The first-order valence-electron chi connectivity index (χ1n) is 9.00. The van der Waals surface area contributed by atoms with Crippen LogP contribution in [0.2, 0.25) is 0 Å². The fourth-order valence-corrected chi connectivity index (χ4v) is 4.11. The van der Waals surface area contributed by atoms with Gasteiger partial charge in [-0.05, 0) is 55.5 Å². The Hall–Kier alpha value is -2.47. The standard InChI is InChI=1S/C21H20BrN3O2/c1-14-5-2-8-17-19(14)23-13-25(20(17)27)12-18(26)24-21(9-4-10-21)15-6-3-7-16(22)11-15/h2-3,5-8,11,13H,4,9-10,12H2,1H3,(H,24,26). The monoisotopic (exact) mass is 425 g/mol. The molecule has 0 spiro atoms. The second-order valence-corrected chi connectivity index (χ2v) is 8.06. The van der Waals surface area contributed by atoms with Crippen LogP contribution >= 0.6 is 15.9 Å². The second-order valence-electron chi connectivity index (χ2n) is 7.14. The molecule has 1 aliphatic rings. The van der Waals surface area contributed by atoms with Gasteiger partial charge in [-0.15, -0.1) is 0 Å². The maximum atomic E-state index is 12.7. The number of hydrogen-bond acceptors (Lipinski definition) is 3. The number of fused-ring (bicyclic) bond motifs is 1. The first-order chi connectivity index (χ1) is 13.0. The Kier molecular flexibility index (Phi) is 4.60. The summed E-state index contributed by atoms with van der Waals surface area (Å²) in [5.74, 6) is -0.175. The van der Waals surface area contributed by atoms with Crippen LogP contribution in [0.25, 0.3) is 10.9 Å². The average molecular weight is 426 g/mol. The molecule has 1 aromatic heterocycles. The van der Waals surface area contributed by atoms with Gasteiger partial charge < -0.3 is 5.32 Å². The molecule has 0 atom stereocenters. The summed E-state index contributed by atoms with van der Waals surface area (Å²) in [7, 11) is 0. The Bertz CT molecular complexity index is 1090. The third kappa shape index (κ3) is 3.30. The lowest BCUT2D eigenvalue weighted by Crippen LogP contribution is -2.52. The van der Waals surface area contributed by atoms with Gasteiger partial charge in [0, 0.05) is 4.47 Å². The summed E-state index contributed by atoms with van der Waals surface area (Å²) in [5.41, 5.74) is 2.19. The summed E-state index contributed by atoms with van der Waals surface area (Å²) in [4.78, 5) is 29.8. The number of nitrogens with zero attached hydrogens (tertiary/aromatic N) is 2. The maximum absolute atomic E-state index is 12.7. The summed E-state index contributed by atoms with van der Waals surface area (Å²) < 4.78 is 2.37. The zero-order chi connectivity index (χ0) is 19.0. The van der Waals surface area contributed by atoms with E-state index in [-0.39, 0.29) is 23.6 Å². The van der Waals surface area contributed by atoms with Gasteiger partial charge in [-0.25, -0.2) is 4.98 Å². The number of halogens is 1. The van der Waals surface area contributed by atoms with Crippen molar-refractivity contribution in [1.82, 2.24) is 14.9 Å². The molecule has 1 amide bonds. The van der Waals surface area contributed by atoms with Gasteiger partial charge in [-0.1, -0.05) is 40.2 Å². The first-order valence-corrected chi connectivity index (χ1v) is 9.80. The van der Waals surface area contributed by atoms with Crippen molar-refractivity contribution in [2.45, 2.75) is 38.3 Å². The van der Waals surface area contributed by atoms with Crippen LogP contribution in [0.3, 0.4) is 0 Å². The van der Waals surface area contributed by atoms with Crippen LogP contribution in [0.15, 0.2) is 58.1 Å². The molecule has 2 aromatic carbocycles. The minimum Gasteiger partial charge on any atom is -0.345 e. The largest absolute Gasteiger partial charge is 0.345 e. The summed E-state index contributed by atoms with van der Waals surface area (Å²) in [5, 5.41) is 3.70. The maximum Gasteiger partial charge on any atom is 0.261 e. The average Bonchev–Trinajstić information content (AvgIpc) is 2.61. The minimum absolute atomic E-state index is 0.0362. The predicted molar refractivity (Wildman–Crippen MR) is 109 cm³/mol. The third-order valence-electron chi connectivity index (χ3n) is 5.33. The lowest BCUT2D eigenvalue weighted by atomic mass is 9.72. The molecule has 1 aliphatic carbocycles. The number of hydrogen-bond donors (Lipinski definition) is 1. The zero-order valence-electron chi connectivity index (χ0n) is 15.0. The molecule has 1 heterocycles. The van der Waals surface area contributed by atoms with Crippen LogP contribution in [0.5, 0.6) is 0 Å². The molecular weight excluding hydrogens is 406 g/mol. The molecule has 1 fully saturated rings. The van der Waals surface area contributed by atoms with Crippen LogP contribution in [0.4, 0.5) is 0 Å². The van der Waals surface area contributed by atoms with Crippen molar-refractivity contribution in [3.8, 4) is 0 Å². The molecular formula is C21H20BrN3O2. The van der Waals surface area contributed by atoms with Crippen LogP contribution in [-0.2, 0) is 16.9 Å². The van der Waals surface area contributed by atoms with E-state index >= 15 is 0 Å². The fraction of sp³-hybridized carbons (Fsp3) is 0.286. The zero-order valence-corrected chi connectivity index (χ0v) is 16.6. The summed E-state index contributed by atoms with van der Waals surface area (Å²) >= 11 is 3.50. The van der Waals surface area contributed by atoms with Crippen molar-refractivity contribution in [3.05, 3.63) is 74.7 Å².